The molecule has 0 amide bonds. The number of nitriles is 1. The van der Waals surface area contributed by atoms with E-state index >= 15 is 0 Å². The second-order valence-electron chi connectivity index (χ2n) is 4.23. The van der Waals surface area contributed by atoms with Crippen molar-refractivity contribution in [1.82, 2.24) is 0 Å². The highest BCUT2D eigenvalue weighted by Crippen LogP contribution is 2.21. The van der Waals surface area contributed by atoms with Crippen LogP contribution in [-0.4, -0.2) is 22.5 Å². The number of aliphatic carboxylic acids is 1. The summed E-state index contributed by atoms with van der Waals surface area (Å²) in [4.78, 5) is 20.4. The minimum Gasteiger partial charge on any atom is -0.481 e. The second kappa shape index (κ2) is 7.74. The number of carboxylic acids is 1. The zero-order valence-electron chi connectivity index (χ0n) is 10.8. The van der Waals surface area contributed by atoms with Gasteiger partial charge in [-0.05, 0) is 25.0 Å². The highest BCUT2D eigenvalue weighted by Gasteiger charge is 2.13. The quantitative estimate of drug-likeness (QED) is 0.428. The van der Waals surface area contributed by atoms with Crippen LogP contribution in [0, 0.1) is 21.4 Å². The Morgan fingerprint density at radius 2 is 2.15 bits per heavy atom. The van der Waals surface area contributed by atoms with Crippen molar-refractivity contribution in [1.29, 1.82) is 5.26 Å². The first-order valence-corrected chi connectivity index (χ1v) is 6.19. The van der Waals surface area contributed by atoms with Gasteiger partial charge in [0.2, 0.25) is 0 Å². The number of carbonyl (C=O) groups is 1. The van der Waals surface area contributed by atoms with Crippen molar-refractivity contribution < 1.29 is 14.8 Å². The Balaban J connectivity index is 2.44. The number of hydrogen-bond acceptors (Lipinski definition) is 5. The molecule has 0 fully saturated rings. The van der Waals surface area contributed by atoms with Crippen molar-refractivity contribution >= 4 is 17.3 Å². The zero-order chi connectivity index (χ0) is 15.0. The average molecular weight is 277 g/mol. The molecule has 0 radical (unpaired) electrons. The Kier molecular flexibility index (Phi) is 5.97. The molecule has 1 aromatic rings. The molecule has 0 heterocycles. The summed E-state index contributed by atoms with van der Waals surface area (Å²) in [5.41, 5.74) is 0.454. The molecule has 20 heavy (non-hydrogen) atoms. The van der Waals surface area contributed by atoms with Crippen molar-refractivity contribution in [2.75, 3.05) is 11.9 Å². The van der Waals surface area contributed by atoms with Crippen LogP contribution in [-0.2, 0) is 4.79 Å². The maximum absolute atomic E-state index is 10.7. The molecule has 0 saturated heterocycles. The number of nitro benzene ring substituents is 1. The summed E-state index contributed by atoms with van der Waals surface area (Å²) in [7, 11) is 0. The monoisotopic (exact) mass is 277 g/mol. The lowest BCUT2D eigenvalue weighted by Gasteiger charge is -2.06. The molecule has 0 atom stereocenters. The molecule has 106 valence electrons. The van der Waals surface area contributed by atoms with Crippen LogP contribution in [0.3, 0.4) is 0 Å². The van der Waals surface area contributed by atoms with Crippen molar-refractivity contribution in [3.8, 4) is 6.07 Å². The fourth-order valence-electron chi connectivity index (χ4n) is 1.71. The molecular formula is C13H15N3O4. The summed E-state index contributed by atoms with van der Waals surface area (Å²) in [6.45, 7) is 0.627. The predicted molar refractivity (Wildman–Crippen MR) is 72.4 cm³/mol. The number of nitrogens with one attached hydrogen (secondary N) is 1. The molecule has 1 aromatic carbocycles. The first-order valence-electron chi connectivity index (χ1n) is 6.19. The van der Waals surface area contributed by atoms with Gasteiger partial charge in [0.25, 0.3) is 5.69 Å². The van der Waals surface area contributed by atoms with Gasteiger partial charge in [-0.15, -0.1) is 0 Å². The molecule has 0 aliphatic rings. The van der Waals surface area contributed by atoms with Gasteiger partial charge in [0.05, 0.1) is 4.92 Å². The van der Waals surface area contributed by atoms with Gasteiger partial charge >= 0.3 is 5.97 Å². The topological polar surface area (TPSA) is 116 Å². The van der Waals surface area contributed by atoms with Gasteiger partial charge in [-0.3, -0.25) is 14.9 Å². The van der Waals surface area contributed by atoms with E-state index < -0.39 is 10.9 Å². The zero-order valence-corrected chi connectivity index (χ0v) is 10.8. The summed E-state index contributed by atoms with van der Waals surface area (Å²) in [6, 6.07) is 6.08. The Bertz CT molecular complexity index is 537. The predicted octanol–water partition coefficient (Wildman–Crippen LogP) is 2.52. The van der Waals surface area contributed by atoms with E-state index in [4.69, 9.17) is 10.4 Å². The minimum absolute atomic E-state index is 0.0193. The molecule has 0 bridgehead atoms. The maximum atomic E-state index is 10.7. The van der Waals surface area contributed by atoms with E-state index in [9.17, 15) is 14.9 Å². The normalized spacial score (nSPS) is 9.75. The van der Waals surface area contributed by atoms with Crippen LogP contribution in [0.2, 0.25) is 0 Å². The summed E-state index contributed by atoms with van der Waals surface area (Å²) < 4.78 is 0. The first kappa shape index (κ1) is 15.4. The Hall–Kier alpha value is -2.62. The van der Waals surface area contributed by atoms with Crippen molar-refractivity contribution in [3.05, 3.63) is 33.9 Å². The number of benzene rings is 1. The van der Waals surface area contributed by atoms with Crippen LogP contribution >= 0.6 is 0 Å². The number of nitro groups is 1. The van der Waals surface area contributed by atoms with E-state index in [0.717, 1.165) is 12.8 Å². The van der Waals surface area contributed by atoms with E-state index in [1.165, 1.54) is 12.1 Å². The molecule has 0 aromatic heterocycles. The van der Waals surface area contributed by atoms with Crippen LogP contribution in [0.5, 0.6) is 0 Å². The molecule has 7 nitrogen and oxygen atoms in total. The van der Waals surface area contributed by atoms with Crippen LogP contribution in [0.4, 0.5) is 11.4 Å². The van der Waals surface area contributed by atoms with Crippen LogP contribution < -0.4 is 5.32 Å². The molecular weight excluding hydrogens is 262 g/mol. The summed E-state index contributed by atoms with van der Waals surface area (Å²) in [6.07, 6.45) is 2.38. The summed E-state index contributed by atoms with van der Waals surface area (Å²) in [5, 5.41) is 31.0. The van der Waals surface area contributed by atoms with E-state index in [0.29, 0.717) is 18.7 Å². The lowest BCUT2D eigenvalue weighted by atomic mass is 10.1. The SMILES string of the molecule is N#Cc1cc(NCCCCCC(=O)O)ccc1[N+](=O)[O-]. The maximum Gasteiger partial charge on any atom is 0.303 e. The van der Waals surface area contributed by atoms with Gasteiger partial charge in [-0.2, -0.15) is 5.26 Å². The second-order valence-corrected chi connectivity index (χ2v) is 4.23. The highest BCUT2D eigenvalue weighted by molar-refractivity contribution is 5.66. The van der Waals surface area contributed by atoms with Crippen molar-refractivity contribution in [3.63, 3.8) is 0 Å². The first-order chi connectivity index (χ1) is 9.54. The number of carboxylic acid groups (broad SMARTS) is 1. The summed E-state index contributed by atoms with van der Waals surface area (Å²) in [5.74, 6) is -0.799. The standard InChI is InChI=1S/C13H15N3O4/c14-9-10-8-11(5-6-12(10)16(19)20)15-7-3-1-2-4-13(17)18/h5-6,8,15H,1-4,7H2,(H,17,18). The van der Waals surface area contributed by atoms with E-state index in [-0.39, 0.29) is 17.7 Å². The molecule has 1 rings (SSSR count). The third-order valence-corrected chi connectivity index (χ3v) is 2.71. The van der Waals surface area contributed by atoms with Crippen molar-refractivity contribution in [2.24, 2.45) is 0 Å². The number of rotatable bonds is 8. The van der Waals surface area contributed by atoms with E-state index in [2.05, 4.69) is 5.32 Å². The molecule has 0 aliphatic carbocycles. The Labute approximate surface area is 116 Å². The van der Waals surface area contributed by atoms with Gasteiger partial charge in [0, 0.05) is 24.7 Å². The Morgan fingerprint density at radius 1 is 1.40 bits per heavy atom. The van der Waals surface area contributed by atoms with Gasteiger partial charge in [-0.1, -0.05) is 6.42 Å². The molecule has 2 N–H and O–H groups in total. The van der Waals surface area contributed by atoms with E-state index in [1.54, 1.807) is 12.1 Å². The van der Waals surface area contributed by atoms with Crippen molar-refractivity contribution in [2.45, 2.75) is 25.7 Å². The summed E-state index contributed by atoms with van der Waals surface area (Å²) >= 11 is 0. The molecule has 0 aliphatic heterocycles. The average Bonchev–Trinajstić information content (AvgIpc) is 2.41. The highest BCUT2D eigenvalue weighted by atomic mass is 16.6. The number of hydrogen-bond donors (Lipinski definition) is 2. The van der Waals surface area contributed by atoms with Gasteiger partial charge in [0.15, 0.2) is 0 Å². The van der Waals surface area contributed by atoms with Crippen LogP contribution in [0.25, 0.3) is 0 Å². The van der Waals surface area contributed by atoms with Crippen LogP contribution in [0.15, 0.2) is 18.2 Å². The fourth-order valence-corrected chi connectivity index (χ4v) is 1.71. The smallest absolute Gasteiger partial charge is 0.303 e. The molecule has 0 unspecified atom stereocenters. The van der Waals surface area contributed by atoms with Gasteiger partial charge < -0.3 is 10.4 Å². The largest absolute Gasteiger partial charge is 0.481 e. The van der Waals surface area contributed by atoms with Gasteiger partial charge in [-0.25, -0.2) is 0 Å². The number of anilines is 1. The van der Waals surface area contributed by atoms with Crippen LogP contribution in [0.1, 0.15) is 31.2 Å². The molecule has 0 saturated carbocycles. The molecule has 0 spiro atoms. The third-order valence-electron chi connectivity index (χ3n) is 2.71. The van der Waals surface area contributed by atoms with E-state index in [1.807, 2.05) is 0 Å². The Morgan fingerprint density at radius 3 is 2.75 bits per heavy atom. The number of unbranched alkanes of at least 4 members (excludes halogenated alkanes) is 2. The molecule has 7 heteroatoms. The lowest BCUT2D eigenvalue weighted by Crippen LogP contribution is -2.03. The lowest BCUT2D eigenvalue weighted by molar-refractivity contribution is -0.385. The number of nitrogens with zero attached hydrogens (tertiary/aromatic N) is 2. The fraction of sp³-hybridized carbons (Fsp3) is 0.385. The third kappa shape index (κ3) is 4.94. The van der Waals surface area contributed by atoms with Gasteiger partial charge in [0.1, 0.15) is 11.6 Å². The minimum atomic E-state index is -0.799.